The van der Waals surface area contributed by atoms with E-state index in [2.05, 4.69) is 10.4 Å². The van der Waals surface area contributed by atoms with E-state index >= 15 is 0 Å². The largest absolute Gasteiger partial charge is 0.484 e. The molecule has 162 valence electrons. The number of amides is 1. The zero-order valence-corrected chi connectivity index (χ0v) is 18.4. The summed E-state index contributed by atoms with van der Waals surface area (Å²) in [6.07, 6.45) is 0.472. The fourth-order valence-corrected chi connectivity index (χ4v) is 5.31. The van der Waals surface area contributed by atoms with Gasteiger partial charge in [0, 0.05) is 11.6 Å². The lowest BCUT2D eigenvalue weighted by molar-refractivity contribution is -0.118. The van der Waals surface area contributed by atoms with Gasteiger partial charge in [-0.15, -0.1) is 0 Å². The first-order valence-electron chi connectivity index (χ1n) is 10.2. The maximum atomic E-state index is 12.6. The topological polar surface area (TPSA) is 90.3 Å². The zero-order valence-electron chi connectivity index (χ0n) is 17.5. The molecule has 1 aliphatic rings. The predicted molar refractivity (Wildman–Crippen MR) is 120 cm³/mol. The summed E-state index contributed by atoms with van der Waals surface area (Å²) in [7, 11) is -3.10. The van der Waals surface area contributed by atoms with Crippen LogP contribution < -0.4 is 10.1 Å². The highest BCUT2D eigenvalue weighted by molar-refractivity contribution is 7.91. The summed E-state index contributed by atoms with van der Waals surface area (Å²) in [5.41, 5.74) is 3.81. The van der Waals surface area contributed by atoms with Crippen LogP contribution in [-0.4, -0.2) is 42.2 Å². The van der Waals surface area contributed by atoms with E-state index in [4.69, 9.17) is 4.74 Å². The van der Waals surface area contributed by atoms with Crippen molar-refractivity contribution in [2.24, 2.45) is 0 Å². The molecule has 8 heteroatoms. The molecule has 0 saturated carbocycles. The van der Waals surface area contributed by atoms with E-state index in [1.165, 1.54) is 0 Å². The Hall–Kier alpha value is -3.13. The second-order valence-electron chi connectivity index (χ2n) is 7.87. The maximum Gasteiger partial charge on any atom is 0.263 e. The van der Waals surface area contributed by atoms with Gasteiger partial charge in [0.2, 0.25) is 0 Å². The van der Waals surface area contributed by atoms with E-state index in [0.29, 0.717) is 23.7 Å². The van der Waals surface area contributed by atoms with E-state index in [1.807, 2.05) is 62.4 Å². The number of sulfone groups is 1. The van der Waals surface area contributed by atoms with Gasteiger partial charge in [-0.1, -0.05) is 36.4 Å². The normalized spacial score (nSPS) is 17.4. The number of hydrogen-bond acceptors (Lipinski definition) is 5. The van der Waals surface area contributed by atoms with E-state index in [9.17, 15) is 13.2 Å². The van der Waals surface area contributed by atoms with Crippen LogP contribution in [0.2, 0.25) is 0 Å². The number of benzene rings is 2. The summed E-state index contributed by atoms with van der Waals surface area (Å²) in [5, 5.41) is 7.46. The lowest BCUT2D eigenvalue weighted by Gasteiger charge is -2.14. The number of ether oxygens (including phenoxy) is 1. The zero-order chi connectivity index (χ0) is 22.0. The van der Waals surface area contributed by atoms with E-state index in [1.54, 1.807) is 10.7 Å². The minimum atomic E-state index is -3.10. The average Bonchev–Trinajstić information content (AvgIpc) is 3.32. The average molecular weight is 440 g/mol. The molecule has 2 heterocycles. The van der Waals surface area contributed by atoms with Crippen LogP contribution in [-0.2, 0) is 14.6 Å². The molecule has 31 heavy (non-hydrogen) atoms. The summed E-state index contributed by atoms with van der Waals surface area (Å²) in [6, 6.07) is 16.7. The van der Waals surface area contributed by atoms with Crippen LogP contribution in [0.1, 0.15) is 23.6 Å². The minimum absolute atomic E-state index is 0.0188. The molecule has 7 nitrogen and oxygen atoms in total. The molecular weight excluding hydrogens is 414 g/mol. The third-order valence-electron chi connectivity index (χ3n) is 5.48. The van der Waals surface area contributed by atoms with Gasteiger partial charge in [0.15, 0.2) is 16.4 Å². The van der Waals surface area contributed by atoms with Crippen molar-refractivity contribution in [3.05, 3.63) is 65.7 Å². The van der Waals surface area contributed by atoms with E-state index < -0.39 is 9.84 Å². The van der Waals surface area contributed by atoms with Crippen LogP contribution in [0, 0.1) is 13.8 Å². The number of nitrogens with zero attached hydrogens (tertiary/aromatic N) is 2. The van der Waals surface area contributed by atoms with Crippen molar-refractivity contribution in [2.75, 3.05) is 23.4 Å². The Morgan fingerprint density at radius 2 is 1.90 bits per heavy atom. The number of anilines is 1. The van der Waals surface area contributed by atoms with Gasteiger partial charge >= 0.3 is 0 Å². The first-order valence-corrected chi connectivity index (χ1v) is 12.0. The third kappa shape index (κ3) is 4.96. The lowest BCUT2D eigenvalue weighted by Crippen LogP contribution is -2.23. The van der Waals surface area contributed by atoms with Crippen molar-refractivity contribution >= 4 is 21.6 Å². The Balaban J connectivity index is 1.53. The molecule has 4 rings (SSSR count). The van der Waals surface area contributed by atoms with Crippen molar-refractivity contribution in [3.8, 4) is 17.0 Å². The Morgan fingerprint density at radius 3 is 2.58 bits per heavy atom. The highest BCUT2D eigenvalue weighted by Crippen LogP contribution is 2.30. The maximum absolute atomic E-state index is 12.6. The Labute approximate surface area is 182 Å². The molecule has 1 aromatic heterocycles. The van der Waals surface area contributed by atoms with Gasteiger partial charge in [-0.2, -0.15) is 5.10 Å². The summed E-state index contributed by atoms with van der Waals surface area (Å²) >= 11 is 0. The standard InChI is InChI=1S/C23H25N3O4S/c1-16-8-9-20(12-17(16)2)30-14-23(27)24-22-13-21(18-6-4-3-5-7-18)25-26(22)19-10-11-31(28,29)15-19/h3-9,12-13,19H,10-11,14-15H2,1-2H3,(H,24,27). The quantitative estimate of drug-likeness (QED) is 0.634. The number of nitrogens with one attached hydrogen (secondary N) is 1. The molecule has 0 aliphatic carbocycles. The number of carbonyl (C=O) groups is 1. The number of aryl methyl sites for hydroxylation is 2. The van der Waals surface area contributed by atoms with Gasteiger partial charge < -0.3 is 10.1 Å². The summed E-state index contributed by atoms with van der Waals surface area (Å²) < 4.78 is 31.2. The van der Waals surface area contributed by atoms with Gasteiger partial charge in [-0.3, -0.25) is 4.79 Å². The van der Waals surface area contributed by atoms with Crippen LogP contribution in [0.3, 0.4) is 0 Å². The van der Waals surface area contributed by atoms with Crippen molar-refractivity contribution < 1.29 is 17.9 Å². The molecule has 0 radical (unpaired) electrons. The summed E-state index contributed by atoms with van der Waals surface area (Å²) in [4.78, 5) is 12.6. The third-order valence-corrected chi connectivity index (χ3v) is 7.23. The highest BCUT2D eigenvalue weighted by atomic mass is 32.2. The Bertz CT molecular complexity index is 1200. The number of aromatic nitrogens is 2. The van der Waals surface area contributed by atoms with Crippen molar-refractivity contribution in [3.63, 3.8) is 0 Å². The van der Waals surface area contributed by atoms with Crippen molar-refractivity contribution in [1.29, 1.82) is 0 Å². The van der Waals surface area contributed by atoms with Gasteiger partial charge in [-0.25, -0.2) is 13.1 Å². The molecule has 1 unspecified atom stereocenters. The molecule has 1 saturated heterocycles. The van der Waals surface area contributed by atoms with Crippen LogP contribution in [0.15, 0.2) is 54.6 Å². The fraction of sp³-hybridized carbons (Fsp3) is 0.304. The Morgan fingerprint density at radius 1 is 1.13 bits per heavy atom. The Kier molecular flexibility index (Phi) is 5.82. The van der Waals surface area contributed by atoms with Crippen LogP contribution in [0.25, 0.3) is 11.3 Å². The second-order valence-corrected chi connectivity index (χ2v) is 10.1. The fourth-order valence-electron chi connectivity index (χ4n) is 3.62. The minimum Gasteiger partial charge on any atom is -0.484 e. The van der Waals surface area contributed by atoms with Crippen LogP contribution in [0.4, 0.5) is 5.82 Å². The molecule has 1 amide bonds. The smallest absolute Gasteiger partial charge is 0.263 e. The highest BCUT2D eigenvalue weighted by Gasteiger charge is 2.31. The summed E-state index contributed by atoms with van der Waals surface area (Å²) in [5.74, 6) is 0.903. The van der Waals surface area contributed by atoms with Gasteiger partial charge in [0.1, 0.15) is 11.6 Å². The molecule has 1 atom stereocenters. The molecular formula is C23H25N3O4S. The first kappa shape index (κ1) is 21.1. The first-order chi connectivity index (χ1) is 14.8. The SMILES string of the molecule is Cc1ccc(OCC(=O)Nc2cc(-c3ccccc3)nn2C2CCS(=O)(=O)C2)cc1C. The lowest BCUT2D eigenvalue weighted by atomic mass is 10.1. The molecule has 2 aromatic carbocycles. The van der Waals surface area contributed by atoms with Crippen molar-refractivity contribution in [2.45, 2.75) is 26.3 Å². The summed E-state index contributed by atoms with van der Waals surface area (Å²) in [6.45, 7) is 3.85. The molecule has 1 fully saturated rings. The van der Waals surface area contributed by atoms with E-state index in [-0.39, 0.29) is 30.1 Å². The molecule has 1 aliphatic heterocycles. The van der Waals surface area contributed by atoms with Gasteiger partial charge in [0.25, 0.3) is 5.91 Å². The van der Waals surface area contributed by atoms with Gasteiger partial charge in [-0.05, 0) is 43.5 Å². The van der Waals surface area contributed by atoms with Crippen LogP contribution >= 0.6 is 0 Å². The van der Waals surface area contributed by atoms with Gasteiger partial charge in [0.05, 0.1) is 23.2 Å². The van der Waals surface area contributed by atoms with Crippen LogP contribution in [0.5, 0.6) is 5.75 Å². The number of hydrogen-bond donors (Lipinski definition) is 1. The second kappa shape index (κ2) is 8.55. The van der Waals surface area contributed by atoms with Crippen molar-refractivity contribution in [1.82, 2.24) is 9.78 Å². The monoisotopic (exact) mass is 439 g/mol. The van der Waals surface area contributed by atoms with E-state index in [0.717, 1.165) is 16.7 Å². The molecule has 3 aromatic rings. The number of rotatable bonds is 6. The molecule has 0 bridgehead atoms. The molecule has 1 N–H and O–H groups in total. The number of carbonyl (C=O) groups excluding carboxylic acids is 1. The predicted octanol–water partition coefficient (Wildman–Crippen LogP) is 3.54. The molecule has 0 spiro atoms.